The second-order valence-electron chi connectivity index (χ2n) is 8.96. The van der Waals surface area contributed by atoms with Crippen molar-refractivity contribution in [2.24, 2.45) is 28.6 Å². The standard InChI is InChI=1S/C21H29NO3/c1-13(23)25-12-21-10-7-15(22)11-14(21)3-4-16-17-5-6-19(24)20(17,2)9-8-18(16)21/h11,16-18,22H,3-10,12H2,1-2H3/t16?,17?,18?,20-,21+/m0/s1. The molecule has 0 aromatic heterocycles. The van der Waals surface area contributed by atoms with Crippen LogP contribution in [0.25, 0.3) is 0 Å². The van der Waals surface area contributed by atoms with Gasteiger partial charge in [-0.05, 0) is 68.8 Å². The van der Waals surface area contributed by atoms with Crippen LogP contribution >= 0.6 is 0 Å². The lowest BCUT2D eigenvalue weighted by Gasteiger charge is -2.57. The number of allylic oxidation sites excluding steroid dienone is 1. The van der Waals surface area contributed by atoms with E-state index in [4.69, 9.17) is 10.1 Å². The van der Waals surface area contributed by atoms with Gasteiger partial charge >= 0.3 is 5.97 Å². The van der Waals surface area contributed by atoms with Gasteiger partial charge in [-0.3, -0.25) is 9.59 Å². The Hall–Kier alpha value is -1.45. The maximum Gasteiger partial charge on any atom is 0.302 e. The summed E-state index contributed by atoms with van der Waals surface area (Å²) in [7, 11) is 0. The van der Waals surface area contributed by atoms with Gasteiger partial charge in [0.05, 0.1) is 0 Å². The maximum absolute atomic E-state index is 12.5. The van der Waals surface area contributed by atoms with Gasteiger partial charge < -0.3 is 10.1 Å². The molecule has 0 aromatic rings. The molecule has 4 heteroatoms. The fraction of sp³-hybridized carbons (Fsp3) is 0.762. The molecule has 3 fully saturated rings. The molecule has 0 saturated heterocycles. The zero-order valence-electron chi connectivity index (χ0n) is 15.4. The minimum Gasteiger partial charge on any atom is -0.465 e. The molecule has 0 amide bonds. The molecule has 0 spiro atoms. The Morgan fingerprint density at radius 3 is 2.76 bits per heavy atom. The molecular formula is C21H29NO3. The van der Waals surface area contributed by atoms with Gasteiger partial charge in [-0.1, -0.05) is 12.5 Å². The van der Waals surface area contributed by atoms with Crippen molar-refractivity contribution < 1.29 is 14.3 Å². The van der Waals surface area contributed by atoms with Gasteiger partial charge in [0.25, 0.3) is 0 Å². The number of carbonyl (C=O) groups excluding carboxylic acids is 2. The van der Waals surface area contributed by atoms with E-state index in [0.717, 1.165) is 51.4 Å². The monoisotopic (exact) mass is 343 g/mol. The van der Waals surface area contributed by atoms with Crippen molar-refractivity contribution in [3.05, 3.63) is 11.6 Å². The Labute approximate surface area is 149 Å². The van der Waals surface area contributed by atoms with E-state index in [9.17, 15) is 9.59 Å². The largest absolute Gasteiger partial charge is 0.465 e. The molecule has 4 aliphatic carbocycles. The summed E-state index contributed by atoms with van der Waals surface area (Å²) in [6, 6.07) is 0. The Morgan fingerprint density at radius 1 is 1.20 bits per heavy atom. The van der Waals surface area contributed by atoms with Crippen LogP contribution in [0.4, 0.5) is 0 Å². The van der Waals surface area contributed by atoms with Crippen molar-refractivity contribution in [2.45, 2.75) is 65.2 Å². The predicted molar refractivity (Wildman–Crippen MR) is 95.4 cm³/mol. The number of carbonyl (C=O) groups is 2. The predicted octanol–water partition coefficient (Wildman–Crippen LogP) is 4.08. The number of nitrogens with one attached hydrogen (secondary N) is 1. The lowest BCUT2D eigenvalue weighted by atomic mass is 9.47. The highest BCUT2D eigenvalue weighted by Gasteiger charge is 2.60. The molecule has 4 rings (SSSR count). The molecule has 5 atom stereocenters. The maximum atomic E-state index is 12.5. The van der Waals surface area contributed by atoms with Crippen molar-refractivity contribution in [3.8, 4) is 0 Å². The normalized spacial score (nSPS) is 43.0. The Balaban J connectivity index is 1.71. The summed E-state index contributed by atoms with van der Waals surface area (Å²) >= 11 is 0. The molecule has 3 saturated carbocycles. The zero-order chi connectivity index (χ0) is 17.8. The summed E-state index contributed by atoms with van der Waals surface area (Å²) in [5, 5.41) is 8.09. The smallest absolute Gasteiger partial charge is 0.302 e. The third kappa shape index (κ3) is 2.43. The number of fused-ring (bicyclic) bond motifs is 5. The second kappa shape index (κ2) is 5.78. The highest BCUT2D eigenvalue weighted by atomic mass is 16.5. The summed E-state index contributed by atoms with van der Waals surface area (Å²) in [6.07, 6.45) is 9.68. The fourth-order valence-electron chi connectivity index (χ4n) is 6.66. The van der Waals surface area contributed by atoms with Crippen molar-refractivity contribution >= 4 is 17.5 Å². The molecule has 4 nitrogen and oxygen atoms in total. The van der Waals surface area contributed by atoms with E-state index in [0.29, 0.717) is 35.9 Å². The molecule has 25 heavy (non-hydrogen) atoms. The Bertz CT molecular complexity index is 666. The number of ether oxygens (including phenoxy) is 1. The molecule has 3 unspecified atom stereocenters. The molecule has 0 bridgehead atoms. The molecular weight excluding hydrogens is 314 g/mol. The summed E-state index contributed by atoms with van der Waals surface area (Å²) in [6.45, 7) is 4.14. The molecule has 0 aromatic carbocycles. The van der Waals surface area contributed by atoms with E-state index in [1.54, 1.807) is 0 Å². The molecule has 136 valence electrons. The van der Waals surface area contributed by atoms with Gasteiger partial charge in [0, 0.05) is 29.9 Å². The van der Waals surface area contributed by atoms with Gasteiger partial charge in [-0.25, -0.2) is 0 Å². The molecule has 0 aliphatic heterocycles. The minimum atomic E-state index is -0.215. The summed E-state index contributed by atoms with van der Waals surface area (Å²) < 4.78 is 5.57. The first-order chi connectivity index (χ1) is 11.9. The lowest BCUT2D eigenvalue weighted by Crippen LogP contribution is -2.53. The highest BCUT2D eigenvalue weighted by molar-refractivity contribution is 5.94. The molecule has 0 heterocycles. The lowest BCUT2D eigenvalue weighted by molar-refractivity contribution is -0.149. The van der Waals surface area contributed by atoms with Crippen LogP contribution in [0.2, 0.25) is 0 Å². The first-order valence-electron chi connectivity index (χ1n) is 9.82. The summed E-state index contributed by atoms with van der Waals surface area (Å²) in [5.74, 6) is 1.80. The number of ketones is 1. The SMILES string of the molecule is CC(=O)OC[C@]12CCC(=N)C=C1CCC1C2CC[C@]2(C)C(=O)CCC12. The zero-order valence-corrected chi connectivity index (χ0v) is 15.4. The van der Waals surface area contributed by atoms with Crippen molar-refractivity contribution in [2.75, 3.05) is 6.61 Å². The number of Topliss-reactive ketones (excluding diaryl/α,β-unsaturated/α-hetero) is 1. The Morgan fingerprint density at radius 2 is 2.00 bits per heavy atom. The van der Waals surface area contributed by atoms with Crippen LogP contribution in [-0.4, -0.2) is 24.1 Å². The van der Waals surface area contributed by atoms with Gasteiger partial charge in [0.1, 0.15) is 12.4 Å². The van der Waals surface area contributed by atoms with Crippen LogP contribution in [0.3, 0.4) is 0 Å². The first kappa shape index (κ1) is 17.0. The summed E-state index contributed by atoms with van der Waals surface area (Å²) in [5.41, 5.74) is 1.83. The van der Waals surface area contributed by atoms with Gasteiger partial charge in [0.2, 0.25) is 0 Å². The number of esters is 1. The van der Waals surface area contributed by atoms with Gasteiger partial charge in [0.15, 0.2) is 0 Å². The van der Waals surface area contributed by atoms with Crippen LogP contribution in [0, 0.1) is 34.0 Å². The van der Waals surface area contributed by atoms with E-state index < -0.39 is 0 Å². The first-order valence-corrected chi connectivity index (χ1v) is 9.82. The second-order valence-corrected chi connectivity index (χ2v) is 8.96. The van der Waals surface area contributed by atoms with E-state index in [-0.39, 0.29) is 16.8 Å². The number of hydrogen-bond acceptors (Lipinski definition) is 4. The van der Waals surface area contributed by atoms with Crippen LogP contribution in [0.5, 0.6) is 0 Å². The third-order valence-corrected chi connectivity index (χ3v) is 7.96. The van der Waals surface area contributed by atoms with E-state index >= 15 is 0 Å². The van der Waals surface area contributed by atoms with Crippen molar-refractivity contribution in [1.82, 2.24) is 0 Å². The average molecular weight is 343 g/mol. The van der Waals surface area contributed by atoms with Crippen molar-refractivity contribution in [3.63, 3.8) is 0 Å². The Kier molecular flexibility index (Phi) is 3.93. The fourth-order valence-corrected chi connectivity index (χ4v) is 6.66. The third-order valence-electron chi connectivity index (χ3n) is 7.96. The van der Waals surface area contributed by atoms with E-state index in [2.05, 4.69) is 13.0 Å². The quantitative estimate of drug-likeness (QED) is 0.768. The van der Waals surface area contributed by atoms with Crippen LogP contribution < -0.4 is 0 Å². The minimum absolute atomic E-state index is 0.0912. The van der Waals surface area contributed by atoms with Crippen LogP contribution in [-0.2, 0) is 14.3 Å². The van der Waals surface area contributed by atoms with E-state index in [1.807, 2.05) is 0 Å². The number of rotatable bonds is 2. The van der Waals surface area contributed by atoms with Gasteiger partial charge in [-0.2, -0.15) is 0 Å². The molecule has 4 aliphatic rings. The number of hydrogen-bond donors (Lipinski definition) is 1. The van der Waals surface area contributed by atoms with E-state index in [1.165, 1.54) is 12.5 Å². The molecule has 1 N–H and O–H groups in total. The van der Waals surface area contributed by atoms with Crippen molar-refractivity contribution in [1.29, 1.82) is 5.41 Å². The highest BCUT2D eigenvalue weighted by Crippen LogP contribution is 2.64. The van der Waals surface area contributed by atoms with Gasteiger partial charge in [-0.15, -0.1) is 0 Å². The average Bonchev–Trinajstić information content (AvgIpc) is 2.88. The summed E-state index contributed by atoms with van der Waals surface area (Å²) in [4.78, 5) is 24.0. The molecule has 0 radical (unpaired) electrons. The van der Waals surface area contributed by atoms with Crippen LogP contribution in [0.15, 0.2) is 11.6 Å². The van der Waals surface area contributed by atoms with Crippen LogP contribution in [0.1, 0.15) is 65.2 Å². The topological polar surface area (TPSA) is 67.2 Å².